The summed E-state index contributed by atoms with van der Waals surface area (Å²) in [6, 6.07) is 6.16. The standard InChI is InChI=1S/C25H33NO6/c1-15(2)5-10-20-24(3,32-20)22-21(30-4)18(11-12-25(22)14-31-25)26-23(29)17-8-6-16(7-9-17)19(28)13-27/h5-9,18,20-22,27H,10-14H2,1-4H3,(H,26,29)/t18-,20-,21-,22-,24?,25+/m1/s1. The van der Waals surface area contributed by atoms with Crippen molar-refractivity contribution in [1.29, 1.82) is 0 Å². The number of allylic oxidation sites excluding steroid dienone is 1. The number of hydrogen-bond acceptors (Lipinski definition) is 6. The van der Waals surface area contributed by atoms with Crippen molar-refractivity contribution in [1.82, 2.24) is 5.32 Å². The molecule has 1 saturated carbocycles. The Morgan fingerprint density at radius 2 is 1.91 bits per heavy atom. The van der Waals surface area contributed by atoms with Crippen molar-refractivity contribution in [2.24, 2.45) is 5.92 Å². The lowest BCUT2D eigenvalue weighted by Gasteiger charge is -2.43. The van der Waals surface area contributed by atoms with E-state index in [-0.39, 0.29) is 47.1 Å². The molecule has 1 unspecified atom stereocenters. The van der Waals surface area contributed by atoms with E-state index in [0.29, 0.717) is 17.7 Å². The van der Waals surface area contributed by atoms with E-state index in [2.05, 4.69) is 32.2 Å². The van der Waals surface area contributed by atoms with Gasteiger partial charge in [0.2, 0.25) is 0 Å². The molecule has 2 heterocycles. The van der Waals surface area contributed by atoms with E-state index >= 15 is 0 Å². The molecule has 2 N–H and O–H groups in total. The smallest absolute Gasteiger partial charge is 0.251 e. The molecule has 7 heteroatoms. The number of ether oxygens (including phenoxy) is 3. The maximum Gasteiger partial charge on any atom is 0.251 e. The number of benzene rings is 1. The molecule has 2 saturated heterocycles. The first-order valence-corrected chi connectivity index (χ1v) is 11.3. The molecular formula is C25H33NO6. The average molecular weight is 444 g/mol. The fourth-order valence-corrected chi connectivity index (χ4v) is 5.29. The number of carbonyl (C=O) groups is 2. The predicted octanol–water partition coefficient (Wildman–Crippen LogP) is 2.67. The molecule has 1 amide bonds. The lowest BCUT2D eigenvalue weighted by molar-refractivity contribution is -0.0660. The first kappa shape index (κ1) is 23.1. The van der Waals surface area contributed by atoms with Crippen molar-refractivity contribution in [2.45, 2.75) is 69.5 Å². The van der Waals surface area contributed by atoms with Crippen LogP contribution in [0.4, 0.5) is 0 Å². The SMILES string of the molecule is CO[C@H]1[C@H](C2(C)O[C@@H]2CC=C(C)C)[C@]2(CC[C@H]1NC(=O)c1ccc(C(=O)CO)cc1)CO2. The summed E-state index contributed by atoms with van der Waals surface area (Å²) in [5.41, 5.74) is 1.53. The Kier molecular flexibility index (Phi) is 6.29. The Hall–Kier alpha value is -2.06. The molecule has 3 fully saturated rings. The number of aliphatic hydroxyl groups is 1. The number of nitrogens with one attached hydrogen (secondary N) is 1. The highest BCUT2D eigenvalue weighted by molar-refractivity contribution is 5.99. The Labute approximate surface area is 189 Å². The summed E-state index contributed by atoms with van der Waals surface area (Å²) in [5.74, 6) is -0.560. The topological polar surface area (TPSA) is 101 Å². The average Bonchev–Trinajstić information content (AvgIpc) is 3.70. The zero-order valence-electron chi connectivity index (χ0n) is 19.2. The molecule has 32 heavy (non-hydrogen) atoms. The number of carbonyl (C=O) groups excluding carboxylic acids is 2. The van der Waals surface area contributed by atoms with Crippen LogP contribution in [-0.2, 0) is 14.2 Å². The monoisotopic (exact) mass is 443 g/mol. The summed E-state index contributed by atoms with van der Waals surface area (Å²) in [7, 11) is 1.68. The van der Waals surface area contributed by atoms with Gasteiger partial charge < -0.3 is 24.6 Å². The molecule has 1 aliphatic carbocycles. The number of Topliss-reactive ketones (excluding diaryl/α,β-unsaturated/α-hetero) is 1. The third-order valence-electron chi connectivity index (χ3n) is 7.22. The van der Waals surface area contributed by atoms with Gasteiger partial charge >= 0.3 is 0 Å². The van der Waals surface area contributed by atoms with E-state index in [9.17, 15) is 9.59 Å². The Morgan fingerprint density at radius 1 is 1.25 bits per heavy atom. The van der Waals surface area contributed by atoms with Crippen LogP contribution in [0.25, 0.3) is 0 Å². The fourth-order valence-electron chi connectivity index (χ4n) is 5.29. The van der Waals surface area contributed by atoms with Gasteiger partial charge in [0.1, 0.15) is 12.2 Å². The second kappa shape index (κ2) is 8.71. The van der Waals surface area contributed by atoms with E-state index in [1.807, 2.05) is 0 Å². The van der Waals surface area contributed by atoms with Gasteiger partial charge in [0.05, 0.1) is 30.5 Å². The maximum atomic E-state index is 12.9. The third kappa shape index (κ3) is 4.27. The molecule has 1 aromatic rings. The van der Waals surface area contributed by atoms with Crippen LogP contribution in [0.2, 0.25) is 0 Å². The molecule has 7 nitrogen and oxygen atoms in total. The van der Waals surface area contributed by atoms with Crippen molar-refractivity contribution < 1.29 is 28.9 Å². The van der Waals surface area contributed by atoms with Crippen LogP contribution in [-0.4, -0.2) is 66.6 Å². The van der Waals surface area contributed by atoms with Crippen molar-refractivity contribution in [3.05, 3.63) is 47.0 Å². The van der Waals surface area contributed by atoms with Gasteiger partial charge in [0.15, 0.2) is 5.78 Å². The molecule has 2 aliphatic heterocycles. The molecule has 174 valence electrons. The number of ketones is 1. The minimum absolute atomic E-state index is 0.0270. The Bertz CT molecular complexity index is 902. The van der Waals surface area contributed by atoms with Gasteiger partial charge in [-0.05, 0) is 52.2 Å². The van der Waals surface area contributed by atoms with E-state index in [1.165, 1.54) is 5.57 Å². The second-order valence-electron chi connectivity index (χ2n) is 9.62. The molecule has 6 atom stereocenters. The second-order valence-corrected chi connectivity index (χ2v) is 9.62. The normalized spacial score (nSPS) is 35.3. The molecule has 0 aromatic heterocycles. The van der Waals surface area contributed by atoms with Gasteiger partial charge in [0, 0.05) is 24.2 Å². The quantitative estimate of drug-likeness (QED) is 0.364. The lowest BCUT2D eigenvalue weighted by atomic mass is 9.67. The number of hydrogen-bond donors (Lipinski definition) is 2. The van der Waals surface area contributed by atoms with Crippen LogP contribution in [0.1, 0.15) is 60.7 Å². The summed E-state index contributed by atoms with van der Waals surface area (Å²) >= 11 is 0. The number of rotatable bonds is 8. The highest BCUT2D eigenvalue weighted by Crippen LogP contribution is 2.59. The van der Waals surface area contributed by atoms with E-state index in [1.54, 1.807) is 31.4 Å². The van der Waals surface area contributed by atoms with Crippen LogP contribution in [0, 0.1) is 5.92 Å². The molecular weight excluding hydrogens is 410 g/mol. The molecule has 0 bridgehead atoms. The first-order chi connectivity index (χ1) is 15.2. The van der Waals surface area contributed by atoms with Gasteiger partial charge in [-0.15, -0.1) is 0 Å². The van der Waals surface area contributed by atoms with Gasteiger partial charge in [-0.3, -0.25) is 9.59 Å². The Balaban J connectivity index is 1.49. The summed E-state index contributed by atoms with van der Waals surface area (Å²) in [5, 5.41) is 12.1. The van der Waals surface area contributed by atoms with Crippen LogP contribution >= 0.6 is 0 Å². The van der Waals surface area contributed by atoms with Crippen molar-refractivity contribution in [3.63, 3.8) is 0 Å². The van der Waals surface area contributed by atoms with Crippen LogP contribution < -0.4 is 5.32 Å². The van der Waals surface area contributed by atoms with Gasteiger partial charge in [-0.25, -0.2) is 0 Å². The van der Waals surface area contributed by atoms with Crippen molar-refractivity contribution >= 4 is 11.7 Å². The molecule has 1 spiro atoms. The Morgan fingerprint density at radius 3 is 2.47 bits per heavy atom. The van der Waals surface area contributed by atoms with Crippen molar-refractivity contribution in [2.75, 3.05) is 20.3 Å². The van der Waals surface area contributed by atoms with E-state index < -0.39 is 6.61 Å². The lowest BCUT2D eigenvalue weighted by Crippen LogP contribution is -2.59. The van der Waals surface area contributed by atoms with Crippen molar-refractivity contribution in [3.8, 4) is 0 Å². The highest BCUT2D eigenvalue weighted by Gasteiger charge is 2.71. The van der Waals surface area contributed by atoms with Gasteiger partial charge in [0.25, 0.3) is 5.91 Å². The zero-order chi connectivity index (χ0) is 23.1. The highest BCUT2D eigenvalue weighted by atomic mass is 16.6. The zero-order valence-corrected chi connectivity index (χ0v) is 19.2. The number of methoxy groups -OCH3 is 1. The molecule has 3 aliphatic rings. The fraction of sp³-hybridized carbons (Fsp3) is 0.600. The van der Waals surface area contributed by atoms with E-state index in [4.69, 9.17) is 19.3 Å². The number of epoxide rings is 2. The van der Waals surface area contributed by atoms with Crippen LogP contribution in [0.5, 0.6) is 0 Å². The first-order valence-electron chi connectivity index (χ1n) is 11.3. The molecule has 4 rings (SSSR count). The van der Waals surface area contributed by atoms with Crippen LogP contribution in [0.3, 0.4) is 0 Å². The predicted molar refractivity (Wildman–Crippen MR) is 119 cm³/mol. The summed E-state index contributed by atoms with van der Waals surface area (Å²) in [6.07, 6.45) is 4.56. The molecule has 1 aromatic carbocycles. The number of amides is 1. The van der Waals surface area contributed by atoms with E-state index in [0.717, 1.165) is 19.3 Å². The van der Waals surface area contributed by atoms with Crippen LogP contribution in [0.15, 0.2) is 35.9 Å². The summed E-state index contributed by atoms with van der Waals surface area (Å²) in [4.78, 5) is 24.6. The summed E-state index contributed by atoms with van der Waals surface area (Å²) in [6.45, 7) is 6.46. The minimum atomic E-state index is -0.552. The number of aliphatic hydroxyl groups excluding tert-OH is 1. The largest absolute Gasteiger partial charge is 0.388 e. The van der Waals surface area contributed by atoms with Gasteiger partial charge in [-0.2, -0.15) is 0 Å². The minimum Gasteiger partial charge on any atom is -0.388 e. The maximum absolute atomic E-state index is 12.9. The molecule has 0 radical (unpaired) electrons. The third-order valence-corrected chi connectivity index (χ3v) is 7.22. The summed E-state index contributed by atoms with van der Waals surface area (Å²) < 4.78 is 18.2. The van der Waals surface area contributed by atoms with Gasteiger partial charge in [-0.1, -0.05) is 23.8 Å².